The molecule has 98 valence electrons. The van der Waals surface area contributed by atoms with Crippen molar-refractivity contribution in [2.45, 2.75) is 37.6 Å². The van der Waals surface area contributed by atoms with Crippen molar-refractivity contribution in [1.29, 1.82) is 0 Å². The van der Waals surface area contributed by atoms with E-state index < -0.39 is 0 Å². The fourth-order valence-electron chi connectivity index (χ4n) is 2.91. The van der Waals surface area contributed by atoms with Crippen LogP contribution in [0.4, 0.5) is 5.69 Å². The van der Waals surface area contributed by atoms with Gasteiger partial charge in [-0.15, -0.1) is 0 Å². The molecule has 19 heavy (non-hydrogen) atoms. The molecule has 1 aliphatic carbocycles. The van der Waals surface area contributed by atoms with E-state index in [1.54, 1.807) is 6.33 Å². The summed E-state index contributed by atoms with van der Waals surface area (Å²) in [6.45, 7) is 0. The number of aromatic nitrogens is 2. The van der Waals surface area contributed by atoms with Crippen molar-refractivity contribution in [2.24, 2.45) is 0 Å². The molecule has 1 saturated carbocycles. The Morgan fingerprint density at radius 1 is 0.895 bits per heavy atom. The number of hydrogen-bond acceptors (Lipinski definition) is 3. The van der Waals surface area contributed by atoms with Crippen molar-refractivity contribution in [3.8, 4) is 0 Å². The zero-order chi connectivity index (χ0) is 12.9. The quantitative estimate of drug-likeness (QED) is 0.908. The summed E-state index contributed by atoms with van der Waals surface area (Å²) in [5.74, 6) is 0.728. The Labute approximate surface area is 114 Å². The molecule has 1 aromatic heterocycles. The van der Waals surface area contributed by atoms with E-state index in [0.29, 0.717) is 6.04 Å². The van der Waals surface area contributed by atoms with E-state index >= 15 is 0 Å². The maximum atomic E-state index is 4.04. The van der Waals surface area contributed by atoms with Crippen molar-refractivity contribution in [3.63, 3.8) is 0 Å². The van der Waals surface area contributed by atoms with Crippen molar-refractivity contribution in [2.75, 3.05) is 5.32 Å². The van der Waals surface area contributed by atoms with E-state index in [4.69, 9.17) is 0 Å². The molecule has 0 saturated heterocycles. The minimum atomic E-state index is 0.561. The van der Waals surface area contributed by atoms with E-state index in [2.05, 4.69) is 45.6 Å². The van der Waals surface area contributed by atoms with Gasteiger partial charge in [0.2, 0.25) is 0 Å². The fourth-order valence-corrected chi connectivity index (χ4v) is 2.91. The first-order valence-electron chi connectivity index (χ1n) is 6.98. The van der Waals surface area contributed by atoms with Crippen LogP contribution in [0, 0.1) is 0 Å². The number of hydrogen-bond donors (Lipinski definition) is 1. The zero-order valence-corrected chi connectivity index (χ0v) is 11.0. The Bertz CT molecular complexity index is 490. The lowest BCUT2D eigenvalue weighted by molar-refractivity contribution is 0.412. The minimum Gasteiger partial charge on any atom is -0.380 e. The van der Waals surface area contributed by atoms with Crippen molar-refractivity contribution < 1.29 is 0 Å². The summed E-state index contributed by atoms with van der Waals surface area (Å²) in [7, 11) is 0. The van der Waals surface area contributed by atoms with Gasteiger partial charge in [-0.3, -0.25) is 0 Å². The molecule has 3 heteroatoms. The third kappa shape index (κ3) is 3.11. The third-order valence-electron chi connectivity index (χ3n) is 3.93. The second-order valence-electron chi connectivity index (χ2n) is 5.23. The second-order valence-corrected chi connectivity index (χ2v) is 5.23. The highest BCUT2D eigenvalue weighted by atomic mass is 15.0. The monoisotopic (exact) mass is 253 g/mol. The Kier molecular flexibility index (Phi) is 3.73. The predicted octanol–water partition coefficient (Wildman–Crippen LogP) is 3.61. The largest absolute Gasteiger partial charge is 0.380 e. The summed E-state index contributed by atoms with van der Waals surface area (Å²) in [6, 6.07) is 11.4. The summed E-state index contributed by atoms with van der Waals surface area (Å²) in [4.78, 5) is 8.08. The molecule has 0 spiro atoms. The van der Waals surface area contributed by atoms with Crippen molar-refractivity contribution >= 4 is 5.69 Å². The van der Waals surface area contributed by atoms with Crippen LogP contribution >= 0.6 is 0 Å². The molecule has 0 radical (unpaired) electrons. The average molecular weight is 253 g/mol. The molecule has 3 rings (SSSR count). The highest BCUT2D eigenvalue weighted by Crippen LogP contribution is 2.33. The van der Waals surface area contributed by atoms with Gasteiger partial charge in [0.25, 0.3) is 0 Å². The third-order valence-corrected chi connectivity index (χ3v) is 3.93. The van der Waals surface area contributed by atoms with E-state index in [-0.39, 0.29) is 0 Å². The van der Waals surface area contributed by atoms with Gasteiger partial charge in [0.1, 0.15) is 6.33 Å². The van der Waals surface area contributed by atoms with Crippen LogP contribution in [-0.4, -0.2) is 16.0 Å². The first kappa shape index (κ1) is 12.2. The van der Waals surface area contributed by atoms with Gasteiger partial charge >= 0.3 is 0 Å². The smallest absolute Gasteiger partial charge is 0.115 e. The summed E-state index contributed by atoms with van der Waals surface area (Å²) in [5, 5.41) is 3.53. The number of nitrogens with one attached hydrogen (secondary N) is 1. The molecule has 0 bridgehead atoms. The minimum absolute atomic E-state index is 0.561. The number of nitrogens with zero attached hydrogens (tertiary/aromatic N) is 2. The molecular weight excluding hydrogens is 234 g/mol. The topological polar surface area (TPSA) is 37.8 Å². The Balaban J connectivity index is 1.55. The first-order chi connectivity index (χ1) is 9.42. The summed E-state index contributed by atoms with van der Waals surface area (Å²) >= 11 is 0. The van der Waals surface area contributed by atoms with E-state index in [9.17, 15) is 0 Å². The molecule has 1 N–H and O–H groups in total. The van der Waals surface area contributed by atoms with Gasteiger partial charge in [0.15, 0.2) is 0 Å². The zero-order valence-electron chi connectivity index (χ0n) is 11.0. The normalized spacial score (nSPS) is 22.9. The number of benzene rings is 1. The number of rotatable bonds is 3. The highest BCUT2D eigenvalue weighted by Gasteiger charge is 2.22. The van der Waals surface area contributed by atoms with E-state index in [0.717, 1.165) is 11.6 Å². The molecule has 1 aromatic carbocycles. The van der Waals surface area contributed by atoms with Crippen LogP contribution in [0.15, 0.2) is 49.1 Å². The van der Waals surface area contributed by atoms with Crippen LogP contribution in [0.25, 0.3) is 0 Å². The van der Waals surface area contributed by atoms with Gasteiger partial charge in [-0.1, -0.05) is 30.3 Å². The molecule has 1 fully saturated rings. The highest BCUT2D eigenvalue weighted by molar-refractivity contribution is 5.38. The SMILES string of the molecule is c1ccc(C2CCC(Nc3cncnc3)CC2)cc1. The van der Waals surface area contributed by atoms with Gasteiger partial charge in [-0.2, -0.15) is 0 Å². The van der Waals surface area contributed by atoms with Gasteiger partial charge in [0.05, 0.1) is 18.1 Å². The molecule has 2 aromatic rings. The summed E-state index contributed by atoms with van der Waals surface area (Å²) in [6.07, 6.45) is 10.2. The summed E-state index contributed by atoms with van der Waals surface area (Å²) < 4.78 is 0. The number of anilines is 1. The van der Waals surface area contributed by atoms with Crippen molar-refractivity contribution in [1.82, 2.24) is 9.97 Å². The second kappa shape index (κ2) is 5.83. The lowest BCUT2D eigenvalue weighted by Crippen LogP contribution is -2.25. The first-order valence-corrected chi connectivity index (χ1v) is 6.98. The molecule has 0 atom stereocenters. The Hall–Kier alpha value is -1.90. The Morgan fingerprint density at radius 3 is 2.26 bits per heavy atom. The Morgan fingerprint density at radius 2 is 1.58 bits per heavy atom. The lowest BCUT2D eigenvalue weighted by Gasteiger charge is -2.29. The van der Waals surface area contributed by atoms with Gasteiger partial charge < -0.3 is 5.32 Å². The molecule has 0 unspecified atom stereocenters. The molecule has 1 heterocycles. The molecule has 0 amide bonds. The molecule has 0 aliphatic heterocycles. The van der Waals surface area contributed by atoms with Crippen LogP contribution < -0.4 is 5.32 Å². The van der Waals surface area contributed by atoms with Crippen LogP contribution in [0.5, 0.6) is 0 Å². The lowest BCUT2D eigenvalue weighted by atomic mass is 9.82. The van der Waals surface area contributed by atoms with Crippen LogP contribution in [-0.2, 0) is 0 Å². The maximum absolute atomic E-state index is 4.04. The van der Waals surface area contributed by atoms with Crippen LogP contribution in [0.2, 0.25) is 0 Å². The average Bonchev–Trinajstić information content (AvgIpc) is 2.50. The fraction of sp³-hybridized carbons (Fsp3) is 0.375. The molecule has 1 aliphatic rings. The van der Waals surface area contributed by atoms with Crippen molar-refractivity contribution in [3.05, 3.63) is 54.6 Å². The van der Waals surface area contributed by atoms with Gasteiger partial charge in [0, 0.05) is 6.04 Å². The molecular formula is C16H19N3. The standard InChI is InChI=1S/C16H19N3/c1-2-4-13(5-3-1)14-6-8-15(9-7-14)19-16-10-17-12-18-11-16/h1-5,10-12,14-15,19H,6-9H2. The van der Waals surface area contributed by atoms with E-state index in [1.807, 2.05) is 12.4 Å². The molecule has 3 nitrogen and oxygen atoms in total. The predicted molar refractivity (Wildman–Crippen MR) is 77.1 cm³/mol. The maximum Gasteiger partial charge on any atom is 0.115 e. The van der Waals surface area contributed by atoms with Crippen LogP contribution in [0.3, 0.4) is 0 Å². The van der Waals surface area contributed by atoms with Gasteiger partial charge in [-0.05, 0) is 37.2 Å². The van der Waals surface area contributed by atoms with Crippen LogP contribution in [0.1, 0.15) is 37.2 Å². The van der Waals surface area contributed by atoms with Gasteiger partial charge in [-0.25, -0.2) is 9.97 Å². The summed E-state index contributed by atoms with van der Waals surface area (Å²) in [5.41, 5.74) is 2.52. The van der Waals surface area contributed by atoms with E-state index in [1.165, 1.54) is 31.2 Å².